The highest BCUT2D eigenvalue weighted by atomic mass is 16.5. The molecule has 1 aliphatic rings. The third-order valence-corrected chi connectivity index (χ3v) is 4.41. The molecule has 3 nitrogen and oxygen atoms in total. The maximum atomic E-state index is 5.38. The Morgan fingerprint density at radius 1 is 1.35 bits per heavy atom. The molecule has 1 rings (SSSR count). The highest BCUT2D eigenvalue weighted by Crippen LogP contribution is 2.28. The average Bonchev–Trinajstić information content (AvgIpc) is 2.30. The molecule has 0 aromatic heterocycles. The van der Waals surface area contributed by atoms with Gasteiger partial charge >= 0.3 is 0 Å². The lowest BCUT2D eigenvalue weighted by atomic mass is 9.86. The summed E-state index contributed by atoms with van der Waals surface area (Å²) in [4.78, 5) is 2.61. The highest BCUT2D eigenvalue weighted by molar-refractivity contribution is 5.00. The van der Waals surface area contributed by atoms with Gasteiger partial charge in [0.25, 0.3) is 0 Å². The van der Waals surface area contributed by atoms with Crippen LogP contribution >= 0.6 is 0 Å². The predicted molar refractivity (Wildman–Crippen MR) is 73.4 cm³/mol. The first-order valence-electron chi connectivity index (χ1n) is 6.91. The molecular weight excluding hydrogens is 212 g/mol. The van der Waals surface area contributed by atoms with Crippen molar-refractivity contribution in [2.24, 2.45) is 0 Å². The lowest BCUT2D eigenvalue weighted by Gasteiger charge is -2.52. The zero-order valence-electron chi connectivity index (χ0n) is 12.5. The summed E-state index contributed by atoms with van der Waals surface area (Å²) in [6.07, 6.45) is 2.38. The minimum Gasteiger partial charge on any atom is -0.383 e. The van der Waals surface area contributed by atoms with Gasteiger partial charge in [-0.2, -0.15) is 0 Å². The van der Waals surface area contributed by atoms with E-state index in [4.69, 9.17) is 4.74 Å². The van der Waals surface area contributed by atoms with E-state index in [1.165, 1.54) is 12.8 Å². The third-order valence-electron chi connectivity index (χ3n) is 4.41. The first-order chi connectivity index (χ1) is 7.90. The van der Waals surface area contributed by atoms with Gasteiger partial charge in [-0.1, -0.05) is 13.8 Å². The number of nitrogens with one attached hydrogen (secondary N) is 1. The van der Waals surface area contributed by atoms with Gasteiger partial charge in [-0.05, 0) is 33.6 Å². The lowest BCUT2D eigenvalue weighted by Crippen LogP contribution is -2.68. The van der Waals surface area contributed by atoms with Gasteiger partial charge in [-0.15, -0.1) is 0 Å². The normalized spacial score (nSPS) is 26.1. The van der Waals surface area contributed by atoms with E-state index in [9.17, 15) is 0 Å². The van der Waals surface area contributed by atoms with E-state index in [2.05, 4.69) is 44.8 Å². The Kier molecular flexibility index (Phi) is 4.99. The van der Waals surface area contributed by atoms with Crippen LogP contribution in [0, 0.1) is 0 Å². The van der Waals surface area contributed by atoms with E-state index in [1.54, 1.807) is 7.11 Å². The van der Waals surface area contributed by atoms with Crippen molar-refractivity contribution in [3.05, 3.63) is 0 Å². The first-order valence-corrected chi connectivity index (χ1v) is 6.91. The minimum absolute atomic E-state index is 0.117. The molecule has 0 saturated carbocycles. The van der Waals surface area contributed by atoms with Gasteiger partial charge in [-0.25, -0.2) is 0 Å². The quantitative estimate of drug-likeness (QED) is 0.800. The Bertz CT molecular complexity index is 236. The van der Waals surface area contributed by atoms with Crippen LogP contribution in [-0.4, -0.2) is 48.8 Å². The molecule has 1 aliphatic heterocycles. The maximum Gasteiger partial charge on any atom is 0.0641 e. The zero-order chi connectivity index (χ0) is 13.1. The number of rotatable bonds is 5. The van der Waals surface area contributed by atoms with Gasteiger partial charge in [0.1, 0.15) is 0 Å². The van der Waals surface area contributed by atoms with Crippen molar-refractivity contribution in [3.63, 3.8) is 0 Å². The fourth-order valence-corrected chi connectivity index (χ4v) is 2.98. The van der Waals surface area contributed by atoms with E-state index < -0.39 is 0 Å². The summed E-state index contributed by atoms with van der Waals surface area (Å²) < 4.78 is 5.38. The van der Waals surface area contributed by atoms with Crippen LogP contribution in [0.1, 0.15) is 47.5 Å². The molecule has 0 bridgehead atoms. The molecule has 1 unspecified atom stereocenters. The van der Waals surface area contributed by atoms with Crippen LogP contribution in [0.5, 0.6) is 0 Å². The van der Waals surface area contributed by atoms with Crippen molar-refractivity contribution < 1.29 is 4.74 Å². The maximum absolute atomic E-state index is 5.38. The van der Waals surface area contributed by atoms with Gasteiger partial charge in [-0.3, -0.25) is 4.90 Å². The molecule has 1 fully saturated rings. The standard InChI is InChI=1S/C14H30N2O/c1-7-14(8-2)10-16(12(3)9-15-14)13(4,5)11-17-6/h12,15H,7-11H2,1-6H3. The topological polar surface area (TPSA) is 24.5 Å². The van der Waals surface area contributed by atoms with Crippen LogP contribution < -0.4 is 5.32 Å². The van der Waals surface area contributed by atoms with E-state index in [-0.39, 0.29) is 11.1 Å². The molecule has 102 valence electrons. The summed E-state index contributed by atoms with van der Waals surface area (Å²) in [6.45, 7) is 14.4. The van der Waals surface area contributed by atoms with Crippen LogP contribution in [0.4, 0.5) is 0 Å². The minimum atomic E-state index is 0.117. The smallest absolute Gasteiger partial charge is 0.0641 e. The fraction of sp³-hybridized carbons (Fsp3) is 1.00. The molecule has 0 aromatic rings. The average molecular weight is 242 g/mol. The molecule has 1 N–H and O–H groups in total. The molecule has 0 aliphatic carbocycles. The number of methoxy groups -OCH3 is 1. The number of hydrogen-bond donors (Lipinski definition) is 1. The van der Waals surface area contributed by atoms with Crippen LogP contribution in [0.3, 0.4) is 0 Å². The Morgan fingerprint density at radius 2 is 1.94 bits per heavy atom. The third kappa shape index (κ3) is 3.21. The Balaban J connectivity index is 2.82. The highest BCUT2D eigenvalue weighted by Gasteiger charge is 2.41. The van der Waals surface area contributed by atoms with Crippen molar-refractivity contribution in [1.82, 2.24) is 10.2 Å². The largest absolute Gasteiger partial charge is 0.383 e. The van der Waals surface area contributed by atoms with Gasteiger partial charge in [0.15, 0.2) is 0 Å². The predicted octanol–water partition coefficient (Wildman–Crippen LogP) is 2.26. The monoisotopic (exact) mass is 242 g/mol. The van der Waals surface area contributed by atoms with Crippen LogP contribution in [0.25, 0.3) is 0 Å². The second-order valence-corrected chi connectivity index (χ2v) is 6.09. The van der Waals surface area contributed by atoms with Crippen molar-refractivity contribution in [2.75, 3.05) is 26.8 Å². The fourth-order valence-electron chi connectivity index (χ4n) is 2.98. The molecule has 0 aromatic carbocycles. The van der Waals surface area contributed by atoms with E-state index in [1.807, 2.05) is 0 Å². The van der Waals surface area contributed by atoms with Crippen molar-refractivity contribution in [3.8, 4) is 0 Å². The summed E-state index contributed by atoms with van der Waals surface area (Å²) in [6, 6.07) is 0.575. The molecular formula is C14H30N2O. The van der Waals surface area contributed by atoms with Crippen LogP contribution in [0.2, 0.25) is 0 Å². The first kappa shape index (κ1) is 14.9. The van der Waals surface area contributed by atoms with Gasteiger partial charge in [0.2, 0.25) is 0 Å². The Hall–Kier alpha value is -0.120. The number of hydrogen-bond acceptors (Lipinski definition) is 3. The number of ether oxygens (including phenoxy) is 1. The SMILES string of the molecule is CCC1(CC)CN(C(C)(C)COC)C(C)CN1. The van der Waals surface area contributed by atoms with Gasteiger partial charge in [0, 0.05) is 37.3 Å². The number of piperazine rings is 1. The summed E-state index contributed by atoms with van der Waals surface area (Å²) in [5, 5.41) is 3.74. The number of nitrogens with zero attached hydrogens (tertiary/aromatic N) is 1. The second-order valence-electron chi connectivity index (χ2n) is 6.09. The molecule has 1 heterocycles. The summed E-state index contributed by atoms with van der Waals surface area (Å²) in [5.41, 5.74) is 0.406. The molecule has 0 spiro atoms. The van der Waals surface area contributed by atoms with Crippen molar-refractivity contribution >= 4 is 0 Å². The lowest BCUT2D eigenvalue weighted by molar-refractivity contribution is -0.0333. The molecule has 0 radical (unpaired) electrons. The van der Waals surface area contributed by atoms with Crippen molar-refractivity contribution in [1.29, 1.82) is 0 Å². The molecule has 3 heteroatoms. The van der Waals surface area contributed by atoms with E-state index >= 15 is 0 Å². The summed E-state index contributed by atoms with van der Waals surface area (Å²) >= 11 is 0. The summed E-state index contributed by atoms with van der Waals surface area (Å²) in [7, 11) is 1.79. The molecule has 17 heavy (non-hydrogen) atoms. The Morgan fingerprint density at radius 3 is 2.41 bits per heavy atom. The van der Waals surface area contributed by atoms with Crippen LogP contribution in [-0.2, 0) is 4.74 Å². The molecule has 1 atom stereocenters. The van der Waals surface area contributed by atoms with Crippen LogP contribution in [0.15, 0.2) is 0 Å². The molecule has 0 amide bonds. The zero-order valence-corrected chi connectivity index (χ0v) is 12.5. The Labute approximate surface area is 107 Å². The van der Waals surface area contributed by atoms with Gasteiger partial charge in [0.05, 0.1) is 6.61 Å². The summed E-state index contributed by atoms with van der Waals surface area (Å²) in [5.74, 6) is 0. The van der Waals surface area contributed by atoms with Gasteiger partial charge < -0.3 is 10.1 Å². The van der Waals surface area contributed by atoms with Crippen molar-refractivity contribution in [2.45, 2.75) is 64.6 Å². The van der Waals surface area contributed by atoms with E-state index in [0.29, 0.717) is 6.04 Å². The second kappa shape index (κ2) is 5.68. The molecule has 1 saturated heterocycles. The van der Waals surface area contributed by atoms with E-state index in [0.717, 1.165) is 19.7 Å².